The van der Waals surface area contributed by atoms with Gasteiger partial charge in [0.15, 0.2) is 0 Å². The van der Waals surface area contributed by atoms with E-state index in [1.54, 1.807) is 36.0 Å². The summed E-state index contributed by atoms with van der Waals surface area (Å²) in [5.41, 5.74) is 0.623. The summed E-state index contributed by atoms with van der Waals surface area (Å²) in [6.45, 7) is 4.06. The number of likely N-dealkylation sites (tertiary alicyclic amines) is 1. The summed E-state index contributed by atoms with van der Waals surface area (Å²) in [4.78, 5) is 54.0. The standard InChI is InChI=1S/C20H24N2O5S/c1-11(2)16(20(26)27-3)21-10-12(28-4)9-15(19(21)25)22-17(23)13-7-5-6-8-14(13)18(22)24/h5-8,11-12,15-16H,9-10H2,1-4H3/t12-,15+,16-/m0/s1. The number of amides is 3. The normalized spacial score (nSPS) is 23.2. The van der Waals surface area contributed by atoms with E-state index in [2.05, 4.69) is 0 Å². The molecule has 2 aliphatic rings. The highest BCUT2D eigenvalue weighted by Gasteiger charge is 2.49. The molecule has 0 radical (unpaired) electrons. The molecule has 3 atom stereocenters. The predicted octanol–water partition coefficient (Wildman–Crippen LogP) is 1.81. The lowest BCUT2D eigenvalue weighted by Gasteiger charge is -2.43. The van der Waals surface area contributed by atoms with Gasteiger partial charge in [0.1, 0.15) is 12.1 Å². The number of benzene rings is 1. The van der Waals surface area contributed by atoms with Gasteiger partial charge in [-0.3, -0.25) is 19.3 Å². The second-order valence-corrected chi connectivity index (χ2v) is 8.48. The molecule has 0 spiro atoms. The number of methoxy groups -OCH3 is 1. The first kappa shape index (κ1) is 20.4. The van der Waals surface area contributed by atoms with Gasteiger partial charge in [-0.1, -0.05) is 26.0 Å². The highest BCUT2D eigenvalue weighted by Crippen LogP contribution is 2.33. The Hall–Kier alpha value is -2.35. The third kappa shape index (κ3) is 3.30. The van der Waals surface area contributed by atoms with Crippen molar-refractivity contribution >= 4 is 35.5 Å². The highest BCUT2D eigenvalue weighted by atomic mass is 32.2. The van der Waals surface area contributed by atoms with E-state index in [4.69, 9.17) is 4.74 Å². The first-order chi connectivity index (χ1) is 13.3. The van der Waals surface area contributed by atoms with Crippen molar-refractivity contribution in [1.29, 1.82) is 0 Å². The zero-order valence-electron chi connectivity index (χ0n) is 16.4. The molecule has 8 heteroatoms. The van der Waals surface area contributed by atoms with Gasteiger partial charge < -0.3 is 9.64 Å². The van der Waals surface area contributed by atoms with Crippen molar-refractivity contribution in [2.45, 2.75) is 37.6 Å². The molecule has 3 amide bonds. The summed E-state index contributed by atoms with van der Waals surface area (Å²) in [5, 5.41) is -0.00193. The summed E-state index contributed by atoms with van der Waals surface area (Å²) in [5.74, 6) is -1.96. The lowest BCUT2D eigenvalue weighted by Crippen LogP contribution is -2.62. The number of nitrogens with zero attached hydrogens (tertiary/aromatic N) is 2. The SMILES string of the molecule is COC(=O)[C@H](C(C)C)N1C[C@@H](SC)C[C@@H](N2C(=O)c3ccccc3C2=O)C1=O. The number of carbonyl (C=O) groups excluding carboxylic acids is 4. The molecule has 0 aliphatic carbocycles. The van der Waals surface area contributed by atoms with Crippen LogP contribution in [-0.4, -0.2) is 70.7 Å². The minimum absolute atomic E-state index is 0.00193. The largest absolute Gasteiger partial charge is 0.467 e. The molecule has 0 unspecified atom stereocenters. The lowest BCUT2D eigenvalue weighted by molar-refractivity contribution is -0.158. The molecule has 28 heavy (non-hydrogen) atoms. The topological polar surface area (TPSA) is 84.0 Å². The molecular weight excluding hydrogens is 380 g/mol. The van der Waals surface area contributed by atoms with Crippen LogP contribution >= 0.6 is 11.8 Å². The number of esters is 1. The molecule has 1 aromatic rings. The highest BCUT2D eigenvalue weighted by molar-refractivity contribution is 7.99. The van der Waals surface area contributed by atoms with Crippen LogP contribution in [0.5, 0.6) is 0 Å². The van der Waals surface area contributed by atoms with Gasteiger partial charge in [-0.15, -0.1) is 0 Å². The molecular formula is C20H24N2O5S. The van der Waals surface area contributed by atoms with Crippen molar-refractivity contribution in [3.63, 3.8) is 0 Å². The number of thioether (sulfide) groups is 1. The zero-order chi connectivity index (χ0) is 20.6. The van der Waals surface area contributed by atoms with Gasteiger partial charge in [0.2, 0.25) is 5.91 Å². The number of carbonyl (C=O) groups is 4. The van der Waals surface area contributed by atoms with Crippen LogP contribution in [0, 0.1) is 5.92 Å². The average molecular weight is 404 g/mol. The van der Waals surface area contributed by atoms with Gasteiger partial charge in [0.05, 0.1) is 18.2 Å². The smallest absolute Gasteiger partial charge is 0.328 e. The number of hydrogen-bond acceptors (Lipinski definition) is 6. The minimum Gasteiger partial charge on any atom is -0.467 e. The van der Waals surface area contributed by atoms with Crippen LogP contribution in [0.2, 0.25) is 0 Å². The fraction of sp³-hybridized carbons (Fsp3) is 0.500. The van der Waals surface area contributed by atoms with Crippen LogP contribution in [0.1, 0.15) is 41.0 Å². The van der Waals surface area contributed by atoms with Crippen molar-refractivity contribution in [2.24, 2.45) is 5.92 Å². The fourth-order valence-electron chi connectivity index (χ4n) is 3.93. The Kier molecular flexibility index (Phi) is 5.79. The van der Waals surface area contributed by atoms with Gasteiger partial charge in [-0.05, 0) is 30.7 Å². The molecule has 0 N–H and O–H groups in total. The fourth-order valence-corrected chi connectivity index (χ4v) is 4.62. The zero-order valence-corrected chi connectivity index (χ0v) is 17.2. The van der Waals surface area contributed by atoms with Crippen molar-refractivity contribution < 1.29 is 23.9 Å². The number of imide groups is 1. The summed E-state index contributed by atoms with van der Waals surface area (Å²) >= 11 is 1.55. The van der Waals surface area contributed by atoms with Gasteiger partial charge in [-0.2, -0.15) is 11.8 Å². The number of ether oxygens (including phenoxy) is 1. The van der Waals surface area contributed by atoms with E-state index < -0.39 is 29.9 Å². The number of piperidine rings is 1. The third-order valence-corrected chi connectivity index (χ3v) is 6.34. The van der Waals surface area contributed by atoms with E-state index in [1.807, 2.05) is 20.1 Å². The maximum absolute atomic E-state index is 13.3. The van der Waals surface area contributed by atoms with E-state index in [1.165, 1.54) is 12.0 Å². The van der Waals surface area contributed by atoms with Gasteiger partial charge in [0.25, 0.3) is 11.8 Å². The first-order valence-electron chi connectivity index (χ1n) is 9.19. The van der Waals surface area contributed by atoms with E-state index in [0.29, 0.717) is 24.1 Å². The van der Waals surface area contributed by atoms with E-state index in [9.17, 15) is 19.2 Å². The molecule has 1 aromatic carbocycles. The van der Waals surface area contributed by atoms with Crippen molar-refractivity contribution in [3.8, 4) is 0 Å². The molecule has 1 fully saturated rings. The molecule has 3 rings (SSSR count). The maximum Gasteiger partial charge on any atom is 0.328 e. The molecule has 0 bridgehead atoms. The van der Waals surface area contributed by atoms with Crippen LogP contribution < -0.4 is 0 Å². The van der Waals surface area contributed by atoms with Crippen LogP contribution in [0.25, 0.3) is 0 Å². The average Bonchev–Trinajstić information content (AvgIpc) is 2.94. The Morgan fingerprint density at radius 2 is 1.71 bits per heavy atom. The van der Waals surface area contributed by atoms with Crippen molar-refractivity contribution in [1.82, 2.24) is 9.80 Å². The van der Waals surface area contributed by atoms with Gasteiger partial charge >= 0.3 is 5.97 Å². The molecule has 0 saturated carbocycles. The van der Waals surface area contributed by atoms with Crippen molar-refractivity contribution in [3.05, 3.63) is 35.4 Å². The van der Waals surface area contributed by atoms with E-state index in [-0.39, 0.29) is 17.1 Å². The number of hydrogen-bond donors (Lipinski definition) is 0. The van der Waals surface area contributed by atoms with Crippen LogP contribution in [0.15, 0.2) is 24.3 Å². The lowest BCUT2D eigenvalue weighted by atomic mass is 9.95. The maximum atomic E-state index is 13.3. The Labute approximate surface area is 168 Å². The number of rotatable bonds is 5. The van der Waals surface area contributed by atoms with Gasteiger partial charge in [-0.25, -0.2) is 4.79 Å². The Morgan fingerprint density at radius 1 is 1.14 bits per heavy atom. The van der Waals surface area contributed by atoms with Crippen LogP contribution in [-0.2, 0) is 14.3 Å². The summed E-state index contributed by atoms with van der Waals surface area (Å²) in [7, 11) is 1.29. The Morgan fingerprint density at radius 3 is 2.18 bits per heavy atom. The number of fused-ring (bicyclic) bond motifs is 1. The third-order valence-electron chi connectivity index (χ3n) is 5.34. The second-order valence-electron chi connectivity index (χ2n) is 7.34. The molecule has 1 saturated heterocycles. The molecule has 7 nitrogen and oxygen atoms in total. The Bertz CT molecular complexity index is 790. The summed E-state index contributed by atoms with van der Waals surface area (Å²) in [6.07, 6.45) is 2.29. The quantitative estimate of drug-likeness (QED) is 0.550. The van der Waals surface area contributed by atoms with E-state index in [0.717, 1.165) is 4.90 Å². The molecule has 2 heterocycles. The molecule has 0 aromatic heterocycles. The summed E-state index contributed by atoms with van der Waals surface area (Å²) < 4.78 is 4.91. The minimum atomic E-state index is -0.926. The monoisotopic (exact) mass is 404 g/mol. The molecule has 2 aliphatic heterocycles. The molecule has 150 valence electrons. The Balaban J connectivity index is 1.97. The van der Waals surface area contributed by atoms with E-state index >= 15 is 0 Å². The predicted molar refractivity (Wildman–Crippen MR) is 105 cm³/mol. The van der Waals surface area contributed by atoms with Crippen LogP contribution in [0.4, 0.5) is 0 Å². The first-order valence-corrected chi connectivity index (χ1v) is 10.5. The van der Waals surface area contributed by atoms with Crippen molar-refractivity contribution in [2.75, 3.05) is 19.9 Å². The van der Waals surface area contributed by atoms with Gasteiger partial charge in [0, 0.05) is 11.8 Å². The van der Waals surface area contributed by atoms with Crippen LogP contribution in [0.3, 0.4) is 0 Å². The summed E-state index contributed by atoms with van der Waals surface area (Å²) in [6, 6.07) is 4.89. The second kappa shape index (κ2) is 7.95.